The Morgan fingerprint density at radius 1 is 1.06 bits per heavy atom. The highest BCUT2D eigenvalue weighted by Gasteiger charge is 2.15. The average molecular weight is 239 g/mol. The molecule has 2 N–H and O–H groups in total. The van der Waals surface area contributed by atoms with Crippen LogP contribution in [0.3, 0.4) is 0 Å². The van der Waals surface area contributed by atoms with E-state index in [1.807, 2.05) is 6.07 Å². The predicted molar refractivity (Wildman–Crippen MR) is 74.1 cm³/mol. The molecular weight excluding hydrogens is 222 g/mol. The lowest BCUT2D eigenvalue weighted by molar-refractivity contribution is 0.176. The minimum absolute atomic E-state index is 0.144. The SMILES string of the molecule is NC(C1=CCCCO1)c1ccc2ccccc2c1. The Morgan fingerprint density at radius 2 is 1.89 bits per heavy atom. The Morgan fingerprint density at radius 3 is 2.67 bits per heavy atom. The van der Waals surface area contributed by atoms with Crippen LogP contribution < -0.4 is 5.73 Å². The largest absolute Gasteiger partial charge is 0.496 e. The topological polar surface area (TPSA) is 35.2 Å². The molecule has 18 heavy (non-hydrogen) atoms. The highest BCUT2D eigenvalue weighted by Crippen LogP contribution is 2.26. The third kappa shape index (κ3) is 2.12. The third-order valence-electron chi connectivity index (χ3n) is 3.40. The zero-order valence-corrected chi connectivity index (χ0v) is 10.3. The molecule has 92 valence electrons. The summed E-state index contributed by atoms with van der Waals surface area (Å²) in [5.41, 5.74) is 7.38. The maximum Gasteiger partial charge on any atom is 0.113 e. The first-order chi connectivity index (χ1) is 8.84. The molecule has 1 atom stereocenters. The predicted octanol–water partition coefficient (Wildman–Crippen LogP) is 3.53. The molecule has 1 aliphatic heterocycles. The van der Waals surface area contributed by atoms with Gasteiger partial charge in [0.05, 0.1) is 12.6 Å². The number of allylic oxidation sites excluding steroid dienone is 1. The van der Waals surface area contributed by atoms with Crippen LogP contribution in [0.15, 0.2) is 54.3 Å². The van der Waals surface area contributed by atoms with Gasteiger partial charge in [0.25, 0.3) is 0 Å². The van der Waals surface area contributed by atoms with Crippen molar-refractivity contribution >= 4 is 10.8 Å². The Balaban J connectivity index is 1.96. The molecule has 1 unspecified atom stereocenters. The molecule has 0 saturated carbocycles. The van der Waals surface area contributed by atoms with Gasteiger partial charge in [-0.1, -0.05) is 36.4 Å². The molecule has 0 aliphatic carbocycles. The quantitative estimate of drug-likeness (QED) is 0.870. The lowest BCUT2D eigenvalue weighted by Gasteiger charge is -2.21. The summed E-state index contributed by atoms with van der Waals surface area (Å²) in [7, 11) is 0. The van der Waals surface area contributed by atoms with Crippen molar-refractivity contribution in [2.45, 2.75) is 18.9 Å². The molecule has 0 amide bonds. The summed E-state index contributed by atoms with van der Waals surface area (Å²) >= 11 is 0. The van der Waals surface area contributed by atoms with Gasteiger partial charge in [-0.2, -0.15) is 0 Å². The zero-order chi connectivity index (χ0) is 12.4. The number of hydrogen-bond donors (Lipinski definition) is 1. The number of benzene rings is 2. The molecule has 2 aromatic rings. The average Bonchev–Trinajstić information content (AvgIpc) is 2.47. The van der Waals surface area contributed by atoms with E-state index in [1.165, 1.54) is 10.8 Å². The second-order valence-corrected chi connectivity index (χ2v) is 4.68. The highest BCUT2D eigenvalue weighted by molar-refractivity contribution is 5.83. The number of rotatable bonds is 2. The van der Waals surface area contributed by atoms with Crippen LogP contribution in [0, 0.1) is 0 Å². The molecule has 0 fully saturated rings. The zero-order valence-electron chi connectivity index (χ0n) is 10.3. The Hall–Kier alpha value is -1.80. The van der Waals surface area contributed by atoms with Crippen LogP contribution in [-0.4, -0.2) is 6.61 Å². The van der Waals surface area contributed by atoms with E-state index < -0.39 is 0 Å². The smallest absolute Gasteiger partial charge is 0.113 e. The van der Waals surface area contributed by atoms with Crippen molar-refractivity contribution < 1.29 is 4.74 Å². The van der Waals surface area contributed by atoms with E-state index in [-0.39, 0.29) is 6.04 Å². The van der Waals surface area contributed by atoms with E-state index >= 15 is 0 Å². The van der Waals surface area contributed by atoms with Gasteiger partial charge in [-0.25, -0.2) is 0 Å². The number of nitrogens with two attached hydrogens (primary N) is 1. The molecule has 0 radical (unpaired) electrons. The first kappa shape index (κ1) is 11.3. The number of fused-ring (bicyclic) bond motifs is 1. The fourth-order valence-electron chi connectivity index (χ4n) is 2.36. The van der Waals surface area contributed by atoms with Crippen molar-refractivity contribution in [3.8, 4) is 0 Å². The first-order valence-corrected chi connectivity index (χ1v) is 6.42. The van der Waals surface area contributed by atoms with Crippen LogP contribution in [0.1, 0.15) is 24.4 Å². The highest BCUT2D eigenvalue weighted by atomic mass is 16.5. The molecular formula is C16H17NO. The summed E-state index contributed by atoms with van der Waals surface area (Å²) in [6.45, 7) is 0.785. The van der Waals surface area contributed by atoms with Crippen molar-refractivity contribution in [3.05, 3.63) is 59.9 Å². The minimum atomic E-state index is -0.144. The van der Waals surface area contributed by atoms with Gasteiger partial charge in [-0.05, 0) is 41.3 Å². The summed E-state index contributed by atoms with van der Waals surface area (Å²) in [6, 6.07) is 14.5. The van der Waals surface area contributed by atoms with Gasteiger partial charge < -0.3 is 10.5 Å². The molecule has 1 heterocycles. The molecule has 2 nitrogen and oxygen atoms in total. The third-order valence-corrected chi connectivity index (χ3v) is 3.40. The number of hydrogen-bond acceptors (Lipinski definition) is 2. The lowest BCUT2D eigenvalue weighted by Crippen LogP contribution is -2.17. The van der Waals surface area contributed by atoms with Crippen LogP contribution >= 0.6 is 0 Å². The molecule has 0 spiro atoms. The van der Waals surface area contributed by atoms with E-state index in [1.54, 1.807) is 0 Å². The van der Waals surface area contributed by atoms with Gasteiger partial charge in [-0.3, -0.25) is 0 Å². The molecule has 3 rings (SSSR count). The summed E-state index contributed by atoms with van der Waals surface area (Å²) in [5.74, 6) is 0.913. The van der Waals surface area contributed by atoms with Crippen LogP contribution in [0.4, 0.5) is 0 Å². The van der Waals surface area contributed by atoms with Crippen molar-refractivity contribution in [3.63, 3.8) is 0 Å². The van der Waals surface area contributed by atoms with Crippen molar-refractivity contribution in [2.24, 2.45) is 5.73 Å². The van der Waals surface area contributed by atoms with Crippen LogP contribution in [0.2, 0.25) is 0 Å². The minimum Gasteiger partial charge on any atom is -0.496 e. The standard InChI is InChI=1S/C16H17NO/c17-16(15-7-3-4-10-18-15)14-9-8-12-5-1-2-6-13(12)11-14/h1-2,5-9,11,16H,3-4,10,17H2. The second-order valence-electron chi connectivity index (χ2n) is 4.68. The van der Waals surface area contributed by atoms with Gasteiger partial charge >= 0.3 is 0 Å². The summed E-state index contributed by atoms with van der Waals surface area (Å²) in [5, 5.41) is 2.47. The van der Waals surface area contributed by atoms with E-state index in [0.717, 1.165) is 30.8 Å². The van der Waals surface area contributed by atoms with Crippen molar-refractivity contribution in [1.29, 1.82) is 0 Å². The fraction of sp³-hybridized carbons (Fsp3) is 0.250. The van der Waals surface area contributed by atoms with Crippen LogP contribution in [-0.2, 0) is 4.74 Å². The maximum absolute atomic E-state index is 6.27. The monoisotopic (exact) mass is 239 g/mol. The van der Waals surface area contributed by atoms with Gasteiger partial charge in [-0.15, -0.1) is 0 Å². The van der Waals surface area contributed by atoms with Gasteiger partial charge in [0.15, 0.2) is 0 Å². The fourth-order valence-corrected chi connectivity index (χ4v) is 2.36. The van der Waals surface area contributed by atoms with Crippen molar-refractivity contribution in [2.75, 3.05) is 6.61 Å². The maximum atomic E-state index is 6.27. The first-order valence-electron chi connectivity index (χ1n) is 6.42. The molecule has 1 aliphatic rings. The Kier molecular flexibility index (Phi) is 3.03. The molecule has 0 aromatic heterocycles. The van der Waals surface area contributed by atoms with E-state index in [0.29, 0.717) is 0 Å². The summed E-state index contributed by atoms with van der Waals surface area (Å²) < 4.78 is 5.64. The molecule has 2 heteroatoms. The number of ether oxygens (including phenoxy) is 1. The molecule has 2 aromatic carbocycles. The van der Waals surface area contributed by atoms with Crippen LogP contribution in [0.5, 0.6) is 0 Å². The molecule has 0 bridgehead atoms. The Labute approximate surface area is 107 Å². The van der Waals surface area contributed by atoms with Crippen LogP contribution in [0.25, 0.3) is 10.8 Å². The second kappa shape index (κ2) is 4.83. The summed E-state index contributed by atoms with van der Waals surface area (Å²) in [6.07, 6.45) is 4.27. The van der Waals surface area contributed by atoms with Crippen molar-refractivity contribution in [1.82, 2.24) is 0 Å². The van der Waals surface area contributed by atoms with Gasteiger partial charge in [0.2, 0.25) is 0 Å². The van der Waals surface area contributed by atoms with E-state index in [9.17, 15) is 0 Å². The normalized spacial score (nSPS) is 17.1. The summed E-state index contributed by atoms with van der Waals surface area (Å²) in [4.78, 5) is 0. The van der Waals surface area contributed by atoms with E-state index in [2.05, 4.69) is 42.5 Å². The lowest BCUT2D eigenvalue weighted by atomic mass is 10.00. The van der Waals surface area contributed by atoms with Gasteiger partial charge in [0.1, 0.15) is 5.76 Å². The van der Waals surface area contributed by atoms with Gasteiger partial charge in [0, 0.05) is 0 Å². The molecule has 0 saturated heterocycles. The Bertz CT molecular complexity index is 588. The van der Waals surface area contributed by atoms with E-state index in [4.69, 9.17) is 10.5 Å².